The van der Waals surface area contributed by atoms with E-state index in [-0.39, 0.29) is 36.5 Å². The number of phenols is 1. The third-order valence-electron chi connectivity index (χ3n) is 6.63. The molecule has 0 saturated heterocycles. The summed E-state index contributed by atoms with van der Waals surface area (Å²) >= 11 is 0. The van der Waals surface area contributed by atoms with Crippen LogP contribution in [0.4, 0.5) is 4.79 Å². The second kappa shape index (κ2) is 7.86. The molecule has 3 aromatic rings. The lowest BCUT2D eigenvalue weighted by atomic mass is 9.85. The van der Waals surface area contributed by atoms with Crippen LogP contribution in [0.1, 0.15) is 49.4 Å². The van der Waals surface area contributed by atoms with Gasteiger partial charge < -0.3 is 23.9 Å². The molecule has 34 heavy (non-hydrogen) atoms. The average Bonchev–Trinajstić information content (AvgIpc) is 3.18. The quantitative estimate of drug-likeness (QED) is 0.456. The molecular weight excluding hydrogens is 440 g/mol. The standard InChI is InChI=1S/C25H24N2O7/c1-4-14-15-9-13(28)7-8-19(15)26-21-16(14)11-27-20(21)10-18-17(22(27)29)12-33-23(30)25(18,5-2)34-24(31)32-6-3/h7-10,28H,4-6,11-12H2,1-3H3. The van der Waals surface area contributed by atoms with E-state index < -0.39 is 17.7 Å². The van der Waals surface area contributed by atoms with Gasteiger partial charge in [0.05, 0.1) is 35.6 Å². The lowest BCUT2D eigenvalue weighted by Gasteiger charge is -2.35. The number of cyclic esters (lactones) is 1. The molecule has 9 heteroatoms. The summed E-state index contributed by atoms with van der Waals surface area (Å²) < 4.78 is 17.3. The van der Waals surface area contributed by atoms with Gasteiger partial charge in [0, 0.05) is 16.5 Å². The zero-order chi connectivity index (χ0) is 24.2. The number of pyridine rings is 2. The molecule has 2 aromatic heterocycles. The number of aromatic nitrogens is 2. The normalized spacial score (nSPS) is 18.1. The van der Waals surface area contributed by atoms with Crippen LogP contribution in [-0.4, -0.2) is 33.4 Å². The number of aryl methyl sites for hydroxylation is 1. The van der Waals surface area contributed by atoms with Gasteiger partial charge in [-0.2, -0.15) is 0 Å². The summed E-state index contributed by atoms with van der Waals surface area (Å²) in [5.41, 5.74) is 2.21. The Kier molecular flexibility index (Phi) is 5.07. The molecule has 2 aliphatic heterocycles. The number of carbonyl (C=O) groups excluding carboxylic acids is 2. The molecule has 0 radical (unpaired) electrons. The summed E-state index contributed by atoms with van der Waals surface area (Å²) in [4.78, 5) is 43.5. The Hall–Kier alpha value is -3.88. The predicted octanol–water partition coefficient (Wildman–Crippen LogP) is 3.53. The molecule has 1 atom stereocenters. The first-order chi connectivity index (χ1) is 16.3. The lowest BCUT2D eigenvalue weighted by molar-refractivity contribution is -0.175. The summed E-state index contributed by atoms with van der Waals surface area (Å²) in [5.74, 6) is -0.596. The zero-order valence-corrected chi connectivity index (χ0v) is 19.1. The SMILES string of the molecule is CCOC(=O)OC1(CC)C(=O)OCc2c1cc1n(c2=O)Cc2c-1nc1ccc(O)cc1c2CC. The Morgan fingerprint density at radius 3 is 2.71 bits per heavy atom. The van der Waals surface area contributed by atoms with Gasteiger partial charge in [0.2, 0.25) is 5.60 Å². The Balaban J connectivity index is 1.76. The van der Waals surface area contributed by atoms with Crippen molar-refractivity contribution < 1.29 is 28.9 Å². The average molecular weight is 464 g/mol. The smallest absolute Gasteiger partial charge is 0.508 e. The molecule has 1 N–H and O–H groups in total. The summed E-state index contributed by atoms with van der Waals surface area (Å²) in [6, 6.07) is 6.70. The van der Waals surface area contributed by atoms with Gasteiger partial charge in [-0.05, 0) is 49.6 Å². The van der Waals surface area contributed by atoms with E-state index in [1.54, 1.807) is 42.7 Å². The molecule has 0 aliphatic carbocycles. The number of hydrogen-bond acceptors (Lipinski definition) is 8. The van der Waals surface area contributed by atoms with Gasteiger partial charge in [-0.15, -0.1) is 0 Å². The van der Waals surface area contributed by atoms with Crippen molar-refractivity contribution in [1.82, 2.24) is 9.55 Å². The fourth-order valence-corrected chi connectivity index (χ4v) is 5.00. The molecule has 176 valence electrons. The largest absolute Gasteiger partial charge is 0.509 e. The summed E-state index contributed by atoms with van der Waals surface area (Å²) in [6.45, 7) is 5.50. The van der Waals surface area contributed by atoms with E-state index in [1.807, 2.05) is 6.92 Å². The van der Waals surface area contributed by atoms with Gasteiger partial charge >= 0.3 is 12.1 Å². The maximum atomic E-state index is 13.6. The van der Waals surface area contributed by atoms with E-state index in [2.05, 4.69) is 0 Å². The zero-order valence-electron chi connectivity index (χ0n) is 19.1. The van der Waals surface area contributed by atoms with Crippen LogP contribution >= 0.6 is 0 Å². The first-order valence-corrected chi connectivity index (χ1v) is 11.3. The number of nitrogens with zero attached hydrogens (tertiary/aromatic N) is 2. The first-order valence-electron chi connectivity index (χ1n) is 11.3. The Morgan fingerprint density at radius 1 is 1.21 bits per heavy atom. The molecule has 1 unspecified atom stereocenters. The highest BCUT2D eigenvalue weighted by molar-refractivity contribution is 5.90. The summed E-state index contributed by atoms with van der Waals surface area (Å²) in [5, 5.41) is 10.8. The number of benzene rings is 1. The number of aromatic hydroxyl groups is 1. The molecule has 0 saturated carbocycles. The third-order valence-corrected chi connectivity index (χ3v) is 6.63. The minimum atomic E-state index is -1.78. The van der Waals surface area contributed by atoms with Gasteiger partial charge in [-0.25, -0.2) is 14.6 Å². The van der Waals surface area contributed by atoms with E-state index in [9.17, 15) is 19.5 Å². The fourth-order valence-electron chi connectivity index (χ4n) is 5.00. The van der Waals surface area contributed by atoms with Crippen LogP contribution in [0.15, 0.2) is 29.1 Å². The maximum Gasteiger partial charge on any atom is 0.509 e. The topological polar surface area (TPSA) is 117 Å². The highest BCUT2D eigenvalue weighted by Crippen LogP contribution is 2.42. The summed E-state index contributed by atoms with van der Waals surface area (Å²) in [7, 11) is 0. The molecule has 1 aromatic carbocycles. The Morgan fingerprint density at radius 2 is 2.00 bits per heavy atom. The fraction of sp³-hybridized carbons (Fsp3) is 0.360. The Bertz CT molecular complexity index is 1430. The summed E-state index contributed by atoms with van der Waals surface area (Å²) in [6.07, 6.45) is -0.259. The second-order valence-corrected chi connectivity index (χ2v) is 8.33. The van der Waals surface area contributed by atoms with Gasteiger partial charge in [-0.3, -0.25) is 4.79 Å². The highest BCUT2D eigenvalue weighted by Gasteiger charge is 2.51. The van der Waals surface area contributed by atoms with Crippen LogP contribution in [0.2, 0.25) is 0 Å². The molecule has 0 amide bonds. The molecule has 0 spiro atoms. The molecule has 9 nitrogen and oxygen atoms in total. The molecule has 0 bridgehead atoms. The number of phenolic OH excluding ortho intramolecular Hbond substituents is 1. The monoisotopic (exact) mass is 464 g/mol. The van der Waals surface area contributed by atoms with E-state index in [0.29, 0.717) is 35.4 Å². The predicted molar refractivity (Wildman–Crippen MR) is 121 cm³/mol. The van der Waals surface area contributed by atoms with Crippen molar-refractivity contribution in [3.8, 4) is 17.1 Å². The van der Waals surface area contributed by atoms with E-state index in [4.69, 9.17) is 19.2 Å². The van der Waals surface area contributed by atoms with Crippen molar-refractivity contribution in [2.75, 3.05) is 6.61 Å². The van der Waals surface area contributed by atoms with Crippen molar-refractivity contribution in [1.29, 1.82) is 0 Å². The minimum absolute atomic E-state index is 0.0675. The van der Waals surface area contributed by atoms with Crippen LogP contribution in [0.3, 0.4) is 0 Å². The van der Waals surface area contributed by atoms with Gasteiger partial charge in [0.1, 0.15) is 12.4 Å². The molecule has 0 fully saturated rings. The van der Waals surface area contributed by atoms with Crippen molar-refractivity contribution >= 4 is 23.0 Å². The van der Waals surface area contributed by atoms with Gasteiger partial charge in [0.25, 0.3) is 5.56 Å². The highest BCUT2D eigenvalue weighted by atomic mass is 16.7. The van der Waals surface area contributed by atoms with Crippen molar-refractivity contribution in [3.05, 3.63) is 56.9 Å². The maximum absolute atomic E-state index is 13.6. The van der Waals surface area contributed by atoms with Crippen LogP contribution in [0.25, 0.3) is 22.3 Å². The van der Waals surface area contributed by atoms with Crippen LogP contribution in [0.5, 0.6) is 5.75 Å². The van der Waals surface area contributed by atoms with E-state index in [0.717, 1.165) is 16.5 Å². The second-order valence-electron chi connectivity index (χ2n) is 8.33. The van der Waals surface area contributed by atoms with Crippen LogP contribution in [0, 0.1) is 0 Å². The third kappa shape index (κ3) is 2.99. The molecular formula is C25H24N2O7. The molecule has 2 aliphatic rings. The number of rotatable bonds is 4. The number of hydrogen-bond donors (Lipinski definition) is 1. The number of carbonyl (C=O) groups is 2. The van der Waals surface area contributed by atoms with E-state index in [1.165, 1.54) is 0 Å². The van der Waals surface area contributed by atoms with Crippen molar-refractivity contribution in [3.63, 3.8) is 0 Å². The molecule has 5 rings (SSSR count). The minimum Gasteiger partial charge on any atom is -0.508 e. The number of esters is 1. The molecule has 4 heterocycles. The Labute approximate surface area is 194 Å². The van der Waals surface area contributed by atoms with Crippen LogP contribution in [-0.2, 0) is 44.2 Å². The number of fused-ring (bicyclic) bond motifs is 5. The van der Waals surface area contributed by atoms with Gasteiger partial charge in [-0.1, -0.05) is 13.8 Å². The lowest BCUT2D eigenvalue weighted by Crippen LogP contribution is -2.47. The number of ether oxygens (including phenoxy) is 3. The van der Waals surface area contributed by atoms with E-state index >= 15 is 0 Å². The first kappa shape index (κ1) is 21.9. The van der Waals surface area contributed by atoms with Crippen molar-refractivity contribution in [2.24, 2.45) is 0 Å². The van der Waals surface area contributed by atoms with Crippen molar-refractivity contribution in [2.45, 2.75) is 52.4 Å². The van der Waals surface area contributed by atoms with Gasteiger partial charge in [0.15, 0.2) is 0 Å². The van der Waals surface area contributed by atoms with Crippen LogP contribution < -0.4 is 5.56 Å².